The minimum Gasteiger partial charge on any atom is -0.494 e. The molecule has 0 atom stereocenters. The van der Waals surface area contributed by atoms with Crippen molar-refractivity contribution in [2.75, 3.05) is 23.3 Å². The summed E-state index contributed by atoms with van der Waals surface area (Å²) in [6, 6.07) is 18.1. The molecule has 3 N–H and O–H groups in total. The Bertz CT molecular complexity index is 1300. The van der Waals surface area contributed by atoms with E-state index in [2.05, 4.69) is 31.3 Å². The molecule has 0 unspecified atom stereocenters. The number of carbonyl (C=O) groups excluding carboxylic acids is 1. The number of sulfonamides is 1. The van der Waals surface area contributed by atoms with Crippen molar-refractivity contribution in [3.05, 3.63) is 76.8 Å². The second-order valence-corrected chi connectivity index (χ2v) is 10.3. The highest BCUT2D eigenvalue weighted by Crippen LogP contribution is 2.22. The number of amides is 1. The molecule has 0 spiro atoms. The number of benzene rings is 3. The monoisotopic (exact) mass is 577 g/mol. The molecule has 0 radical (unpaired) electrons. The van der Waals surface area contributed by atoms with Crippen molar-refractivity contribution in [2.45, 2.75) is 18.7 Å². The summed E-state index contributed by atoms with van der Waals surface area (Å²) in [7, 11) is -3.78. The van der Waals surface area contributed by atoms with Crippen LogP contribution in [-0.2, 0) is 14.8 Å². The largest absolute Gasteiger partial charge is 0.494 e. The van der Waals surface area contributed by atoms with E-state index in [1.54, 1.807) is 42.5 Å². The molecule has 0 aromatic heterocycles. The first-order valence-electron chi connectivity index (χ1n) is 10.5. The lowest BCUT2D eigenvalue weighted by Crippen LogP contribution is -2.37. The molecule has 8 nitrogen and oxygen atoms in total. The number of carbonyl (C=O) groups is 1. The molecule has 0 aliphatic rings. The van der Waals surface area contributed by atoms with Gasteiger partial charge in [0.1, 0.15) is 11.5 Å². The fourth-order valence-corrected chi connectivity index (χ4v) is 4.73. The van der Waals surface area contributed by atoms with Crippen LogP contribution in [0.2, 0.25) is 0 Å². The van der Waals surface area contributed by atoms with Gasteiger partial charge in [-0.05, 0) is 98.4 Å². The van der Waals surface area contributed by atoms with Crippen molar-refractivity contribution in [2.24, 2.45) is 0 Å². The van der Waals surface area contributed by atoms with Crippen molar-refractivity contribution in [1.82, 2.24) is 5.32 Å². The Morgan fingerprint density at radius 1 is 0.971 bits per heavy atom. The second-order valence-electron chi connectivity index (χ2n) is 7.29. The number of thiocarbonyl (C=S) groups is 1. The lowest BCUT2D eigenvalue weighted by atomic mass is 10.2. The summed E-state index contributed by atoms with van der Waals surface area (Å²) >= 11 is 8.54. The third-order valence-electron chi connectivity index (χ3n) is 4.59. The molecule has 3 aromatic rings. The molecular weight excluding hydrogens is 554 g/mol. The topological polar surface area (TPSA) is 106 Å². The van der Waals surface area contributed by atoms with Crippen LogP contribution in [0, 0.1) is 6.92 Å². The summed E-state index contributed by atoms with van der Waals surface area (Å²) in [5.74, 6) is 0.824. The van der Waals surface area contributed by atoms with Gasteiger partial charge in [-0.15, -0.1) is 0 Å². The van der Waals surface area contributed by atoms with E-state index < -0.39 is 15.9 Å². The van der Waals surface area contributed by atoms with Gasteiger partial charge in [0, 0.05) is 15.8 Å². The average Bonchev–Trinajstić information content (AvgIpc) is 2.80. The van der Waals surface area contributed by atoms with E-state index >= 15 is 0 Å². The molecule has 35 heavy (non-hydrogen) atoms. The number of hydrogen-bond acceptors (Lipinski definition) is 6. The van der Waals surface area contributed by atoms with E-state index in [-0.39, 0.29) is 16.6 Å². The van der Waals surface area contributed by atoms with Gasteiger partial charge in [0.05, 0.1) is 11.5 Å². The van der Waals surface area contributed by atoms with Crippen molar-refractivity contribution in [3.63, 3.8) is 0 Å². The van der Waals surface area contributed by atoms with E-state index in [0.29, 0.717) is 29.5 Å². The molecule has 3 rings (SSSR count). The van der Waals surface area contributed by atoms with Gasteiger partial charge in [-0.1, -0.05) is 15.9 Å². The SMILES string of the molecule is CCOc1ccc(NS(=O)(=O)c2ccc(NC(=S)NC(=O)COc3ccc(Br)cc3C)cc2)cc1. The highest BCUT2D eigenvalue weighted by atomic mass is 79.9. The lowest BCUT2D eigenvalue weighted by molar-refractivity contribution is -0.121. The van der Waals surface area contributed by atoms with Crippen molar-refractivity contribution in [3.8, 4) is 11.5 Å². The summed E-state index contributed by atoms with van der Waals surface area (Å²) in [4.78, 5) is 12.2. The van der Waals surface area contributed by atoms with Gasteiger partial charge in [-0.3, -0.25) is 14.8 Å². The number of rotatable bonds is 9. The fourth-order valence-electron chi connectivity index (χ4n) is 2.96. The Balaban J connectivity index is 1.52. The van der Waals surface area contributed by atoms with Crippen molar-refractivity contribution >= 4 is 60.6 Å². The van der Waals surface area contributed by atoms with E-state index in [4.69, 9.17) is 21.7 Å². The molecule has 184 valence electrons. The predicted octanol–water partition coefficient (Wildman–Crippen LogP) is 4.85. The number of halogens is 1. The van der Waals surface area contributed by atoms with E-state index in [1.165, 1.54) is 12.1 Å². The smallest absolute Gasteiger partial charge is 0.264 e. The molecule has 0 aliphatic heterocycles. The van der Waals surface area contributed by atoms with Gasteiger partial charge in [0.2, 0.25) is 0 Å². The zero-order chi connectivity index (χ0) is 25.4. The highest BCUT2D eigenvalue weighted by molar-refractivity contribution is 9.10. The van der Waals surface area contributed by atoms with Gasteiger partial charge in [0.15, 0.2) is 11.7 Å². The first kappa shape index (κ1) is 26.5. The molecule has 0 fully saturated rings. The predicted molar refractivity (Wildman–Crippen MR) is 144 cm³/mol. The summed E-state index contributed by atoms with van der Waals surface area (Å²) < 4.78 is 39.6. The number of hydrogen-bond donors (Lipinski definition) is 3. The summed E-state index contributed by atoms with van der Waals surface area (Å²) in [5, 5.41) is 5.44. The van der Waals surface area contributed by atoms with Gasteiger partial charge >= 0.3 is 0 Å². The van der Waals surface area contributed by atoms with Crippen LogP contribution in [0.5, 0.6) is 11.5 Å². The summed E-state index contributed by atoms with van der Waals surface area (Å²) in [5.41, 5.74) is 1.82. The first-order valence-corrected chi connectivity index (χ1v) is 13.2. The maximum absolute atomic E-state index is 12.7. The maximum atomic E-state index is 12.7. The molecule has 0 saturated heterocycles. The molecule has 3 aromatic carbocycles. The molecule has 0 heterocycles. The number of aryl methyl sites for hydroxylation is 1. The molecule has 1 amide bonds. The van der Waals surface area contributed by atoms with Crippen LogP contribution >= 0.6 is 28.1 Å². The van der Waals surface area contributed by atoms with Crippen LogP contribution in [0.3, 0.4) is 0 Å². The first-order chi connectivity index (χ1) is 16.7. The fraction of sp³-hybridized carbons (Fsp3) is 0.167. The second kappa shape index (κ2) is 12.0. The van der Waals surface area contributed by atoms with Crippen LogP contribution in [0.25, 0.3) is 0 Å². The standard InChI is InChI=1S/C24H24BrN3O5S2/c1-3-32-20-9-5-19(6-10-20)28-35(30,31)21-11-7-18(8-12-21)26-24(34)27-23(29)15-33-22-13-4-17(25)14-16(22)2/h4-14,28H,3,15H2,1-2H3,(H2,26,27,29,34). The average molecular weight is 579 g/mol. The van der Waals surface area contributed by atoms with Gasteiger partial charge in [-0.2, -0.15) is 0 Å². The van der Waals surface area contributed by atoms with Gasteiger partial charge < -0.3 is 14.8 Å². The van der Waals surface area contributed by atoms with Crippen LogP contribution < -0.4 is 24.8 Å². The quantitative estimate of drug-likeness (QED) is 0.312. The van der Waals surface area contributed by atoms with Crippen LogP contribution in [-0.4, -0.2) is 32.7 Å². The summed E-state index contributed by atoms with van der Waals surface area (Å²) in [6.07, 6.45) is 0. The lowest BCUT2D eigenvalue weighted by Gasteiger charge is -2.12. The van der Waals surface area contributed by atoms with Crippen molar-refractivity contribution in [1.29, 1.82) is 0 Å². The van der Waals surface area contributed by atoms with E-state index in [9.17, 15) is 13.2 Å². The van der Waals surface area contributed by atoms with Gasteiger partial charge in [0.25, 0.3) is 15.9 Å². The van der Waals surface area contributed by atoms with Crippen LogP contribution in [0.15, 0.2) is 76.1 Å². The Kier molecular flexibility index (Phi) is 9.07. The van der Waals surface area contributed by atoms with E-state index in [1.807, 2.05) is 26.0 Å². The molecule has 0 aliphatic carbocycles. The Hall–Kier alpha value is -3.15. The number of ether oxygens (including phenoxy) is 2. The molecule has 11 heteroatoms. The number of nitrogens with one attached hydrogen (secondary N) is 3. The molecular formula is C24H24BrN3O5S2. The van der Waals surface area contributed by atoms with Crippen molar-refractivity contribution < 1.29 is 22.7 Å². The normalized spacial score (nSPS) is 10.8. The van der Waals surface area contributed by atoms with Crippen LogP contribution in [0.4, 0.5) is 11.4 Å². The number of anilines is 2. The summed E-state index contributed by atoms with van der Waals surface area (Å²) in [6.45, 7) is 4.06. The minimum atomic E-state index is -3.78. The molecule has 0 bridgehead atoms. The third kappa shape index (κ3) is 7.94. The minimum absolute atomic E-state index is 0.0641. The Labute approximate surface area is 218 Å². The zero-order valence-electron chi connectivity index (χ0n) is 19.0. The van der Waals surface area contributed by atoms with Crippen LogP contribution in [0.1, 0.15) is 12.5 Å². The molecule has 0 saturated carbocycles. The van der Waals surface area contributed by atoms with E-state index in [0.717, 1.165) is 10.0 Å². The van der Waals surface area contributed by atoms with Gasteiger partial charge in [-0.25, -0.2) is 8.42 Å². The zero-order valence-corrected chi connectivity index (χ0v) is 22.2. The third-order valence-corrected chi connectivity index (χ3v) is 6.68. The Morgan fingerprint density at radius 2 is 1.63 bits per heavy atom. The highest BCUT2D eigenvalue weighted by Gasteiger charge is 2.15. The Morgan fingerprint density at radius 3 is 2.26 bits per heavy atom. The maximum Gasteiger partial charge on any atom is 0.264 e.